The highest BCUT2D eigenvalue weighted by Crippen LogP contribution is 2.24. The number of carbonyl (C=O) groups is 2. The molecule has 2 rings (SSSR count). The zero-order chi connectivity index (χ0) is 18.8. The third-order valence-electron chi connectivity index (χ3n) is 3.83. The van der Waals surface area contributed by atoms with Crippen LogP contribution in [0.2, 0.25) is 5.02 Å². The number of piperidine rings is 1. The summed E-state index contributed by atoms with van der Waals surface area (Å²) < 4.78 is 6.92. The summed E-state index contributed by atoms with van der Waals surface area (Å²) in [5, 5.41) is 2.88. The summed E-state index contributed by atoms with van der Waals surface area (Å²) in [5.41, 5.74) is -0.671. The van der Waals surface area contributed by atoms with Gasteiger partial charge in [0.25, 0.3) is 5.56 Å². The van der Waals surface area contributed by atoms with Crippen molar-refractivity contribution < 1.29 is 14.3 Å². The van der Waals surface area contributed by atoms with Crippen LogP contribution in [0.1, 0.15) is 46.6 Å². The highest BCUT2D eigenvalue weighted by molar-refractivity contribution is 6.30. The molecule has 1 N–H and O–H groups in total. The number of hydrogen-bond acceptors (Lipinski definition) is 4. The van der Waals surface area contributed by atoms with Crippen LogP contribution in [0.15, 0.2) is 17.1 Å². The molecule has 1 aromatic heterocycles. The number of amides is 2. The summed E-state index contributed by atoms with van der Waals surface area (Å²) in [7, 11) is 0. The highest BCUT2D eigenvalue weighted by atomic mass is 35.5. The van der Waals surface area contributed by atoms with E-state index in [0.717, 1.165) is 0 Å². The van der Waals surface area contributed by atoms with Crippen LogP contribution in [0.3, 0.4) is 0 Å². The van der Waals surface area contributed by atoms with E-state index in [1.807, 2.05) is 20.8 Å². The summed E-state index contributed by atoms with van der Waals surface area (Å²) in [6.45, 7) is 7.80. The molecular formula is C17H24ClN3O4. The van der Waals surface area contributed by atoms with E-state index in [0.29, 0.717) is 31.0 Å². The Morgan fingerprint density at radius 2 is 1.88 bits per heavy atom. The van der Waals surface area contributed by atoms with Crippen LogP contribution in [0.25, 0.3) is 0 Å². The maximum Gasteiger partial charge on any atom is 0.410 e. The van der Waals surface area contributed by atoms with Crippen molar-refractivity contribution in [3.8, 4) is 0 Å². The Kier molecular flexibility index (Phi) is 5.77. The molecule has 1 aromatic rings. The van der Waals surface area contributed by atoms with Gasteiger partial charge in [-0.15, -0.1) is 0 Å². The zero-order valence-corrected chi connectivity index (χ0v) is 15.7. The molecule has 2 heterocycles. The van der Waals surface area contributed by atoms with Gasteiger partial charge in [-0.3, -0.25) is 9.59 Å². The molecule has 1 fully saturated rings. The molecule has 7 nitrogen and oxygen atoms in total. The van der Waals surface area contributed by atoms with Gasteiger partial charge in [0.05, 0.1) is 5.02 Å². The number of pyridine rings is 1. The van der Waals surface area contributed by atoms with Gasteiger partial charge in [-0.2, -0.15) is 0 Å². The number of aromatic nitrogens is 1. The molecule has 2 amide bonds. The smallest absolute Gasteiger partial charge is 0.410 e. The molecular weight excluding hydrogens is 346 g/mol. The first-order valence-electron chi connectivity index (χ1n) is 8.24. The third kappa shape index (κ3) is 5.22. The first-order chi connectivity index (χ1) is 11.6. The number of nitrogens with one attached hydrogen (secondary N) is 1. The summed E-state index contributed by atoms with van der Waals surface area (Å²) in [6, 6.07) is 1.36. The van der Waals surface area contributed by atoms with E-state index >= 15 is 0 Å². The molecule has 1 aliphatic heterocycles. The van der Waals surface area contributed by atoms with Gasteiger partial charge in [0.1, 0.15) is 11.3 Å². The number of hydrogen-bond donors (Lipinski definition) is 1. The lowest BCUT2D eigenvalue weighted by molar-refractivity contribution is -0.114. The molecule has 8 heteroatoms. The van der Waals surface area contributed by atoms with E-state index in [4.69, 9.17) is 16.3 Å². The minimum atomic E-state index is -0.537. The predicted octanol–water partition coefficient (Wildman–Crippen LogP) is 3.03. The van der Waals surface area contributed by atoms with Crippen molar-refractivity contribution >= 4 is 29.3 Å². The Hall–Kier alpha value is -2.02. The van der Waals surface area contributed by atoms with E-state index < -0.39 is 5.60 Å². The average molecular weight is 370 g/mol. The fraction of sp³-hybridized carbons (Fsp3) is 0.588. The van der Waals surface area contributed by atoms with Crippen LogP contribution in [-0.4, -0.2) is 40.2 Å². The Labute approximate surface area is 151 Å². The molecule has 0 aromatic carbocycles. The molecule has 0 bridgehead atoms. The number of ether oxygens (including phenoxy) is 1. The van der Waals surface area contributed by atoms with E-state index in [1.54, 1.807) is 15.7 Å². The lowest BCUT2D eigenvalue weighted by Gasteiger charge is -2.34. The molecule has 0 unspecified atom stereocenters. The Morgan fingerprint density at radius 1 is 1.28 bits per heavy atom. The lowest BCUT2D eigenvalue weighted by atomic mass is 10.0. The summed E-state index contributed by atoms with van der Waals surface area (Å²) in [6.07, 6.45) is 2.45. The topological polar surface area (TPSA) is 80.6 Å². The van der Waals surface area contributed by atoms with Crippen molar-refractivity contribution in [2.45, 2.75) is 52.2 Å². The van der Waals surface area contributed by atoms with E-state index in [1.165, 1.54) is 13.0 Å². The van der Waals surface area contributed by atoms with Crippen LogP contribution in [0, 0.1) is 0 Å². The molecule has 0 atom stereocenters. The molecule has 0 spiro atoms. The Bertz CT molecular complexity index is 716. The maximum atomic E-state index is 12.5. The van der Waals surface area contributed by atoms with E-state index in [2.05, 4.69) is 5.32 Å². The van der Waals surface area contributed by atoms with Crippen LogP contribution in [0.5, 0.6) is 0 Å². The number of likely N-dealkylation sites (tertiary alicyclic amines) is 1. The Balaban J connectivity index is 2.10. The largest absolute Gasteiger partial charge is 0.444 e. The van der Waals surface area contributed by atoms with Gasteiger partial charge >= 0.3 is 6.09 Å². The number of carbonyl (C=O) groups excluding carboxylic acids is 2. The molecule has 0 aliphatic carbocycles. The van der Waals surface area contributed by atoms with E-state index in [-0.39, 0.29) is 29.3 Å². The quantitative estimate of drug-likeness (QED) is 0.868. The number of nitrogens with zero attached hydrogens (tertiary/aromatic N) is 2. The SMILES string of the molecule is CC(=O)Nc1cc(Cl)cn(C2CCN(C(=O)OC(C)(C)C)CC2)c1=O. The van der Waals surface area contributed by atoms with Gasteiger partial charge in [0.2, 0.25) is 5.91 Å². The minimum absolute atomic E-state index is 0.0857. The fourth-order valence-electron chi connectivity index (χ4n) is 2.77. The number of halogens is 1. The highest BCUT2D eigenvalue weighted by Gasteiger charge is 2.28. The van der Waals surface area contributed by atoms with Crippen LogP contribution in [-0.2, 0) is 9.53 Å². The van der Waals surface area contributed by atoms with Crippen molar-refractivity contribution in [2.24, 2.45) is 0 Å². The van der Waals surface area contributed by atoms with Crippen molar-refractivity contribution in [2.75, 3.05) is 18.4 Å². The predicted molar refractivity (Wildman–Crippen MR) is 96.1 cm³/mol. The monoisotopic (exact) mass is 369 g/mol. The third-order valence-corrected chi connectivity index (χ3v) is 4.04. The second kappa shape index (κ2) is 7.47. The standard InChI is InChI=1S/C17H24ClN3O4/c1-11(22)19-14-9-12(18)10-21(15(14)23)13-5-7-20(8-6-13)16(24)25-17(2,3)4/h9-10,13H,5-8H2,1-4H3,(H,19,22). The molecule has 0 saturated carbocycles. The molecule has 1 saturated heterocycles. The van der Waals surface area contributed by atoms with Gasteiger partial charge in [0, 0.05) is 32.3 Å². The van der Waals surface area contributed by atoms with Crippen LogP contribution >= 0.6 is 11.6 Å². The van der Waals surface area contributed by atoms with Gasteiger partial charge in [0.15, 0.2) is 0 Å². The summed E-state index contributed by atoms with van der Waals surface area (Å²) >= 11 is 6.08. The van der Waals surface area contributed by atoms with Gasteiger partial charge in [-0.05, 0) is 39.7 Å². The second-order valence-corrected chi connectivity index (χ2v) is 7.60. The molecule has 1 aliphatic rings. The van der Waals surface area contributed by atoms with Gasteiger partial charge in [-0.1, -0.05) is 11.6 Å². The summed E-state index contributed by atoms with van der Waals surface area (Å²) in [5.74, 6) is -0.328. The summed E-state index contributed by atoms with van der Waals surface area (Å²) in [4.78, 5) is 37.5. The van der Waals surface area contributed by atoms with Crippen LogP contribution < -0.4 is 10.9 Å². The maximum absolute atomic E-state index is 12.5. The van der Waals surface area contributed by atoms with Crippen molar-refractivity contribution in [1.82, 2.24) is 9.47 Å². The number of anilines is 1. The fourth-order valence-corrected chi connectivity index (χ4v) is 2.99. The van der Waals surface area contributed by atoms with E-state index in [9.17, 15) is 14.4 Å². The Morgan fingerprint density at radius 3 is 2.40 bits per heavy atom. The van der Waals surface area contributed by atoms with Crippen molar-refractivity contribution in [3.63, 3.8) is 0 Å². The average Bonchev–Trinajstić information content (AvgIpc) is 2.48. The normalized spacial score (nSPS) is 15.8. The van der Waals surface area contributed by atoms with Gasteiger partial charge in [-0.25, -0.2) is 4.79 Å². The van der Waals surface area contributed by atoms with Crippen molar-refractivity contribution in [3.05, 3.63) is 27.6 Å². The van der Waals surface area contributed by atoms with Crippen LogP contribution in [0.4, 0.5) is 10.5 Å². The van der Waals surface area contributed by atoms with Gasteiger partial charge < -0.3 is 19.5 Å². The molecule has 0 radical (unpaired) electrons. The second-order valence-electron chi connectivity index (χ2n) is 7.16. The molecule has 138 valence electrons. The zero-order valence-electron chi connectivity index (χ0n) is 15.0. The number of rotatable bonds is 2. The molecule has 25 heavy (non-hydrogen) atoms. The van der Waals surface area contributed by atoms with Crippen molar-refractivity contribution in [1.29, 1.82) is 0 Å². The minimum Gasteiger partial charge on any atom is -0.444 e. The lowest BCUT2D eigenvalue weighted by Crippen LogP contribution is -2.43. The first-order valence-corrected chi connectivity index (χ1v) is 8.62. The first kappa shape index (κ1) is 19.3.